The zero-order valence-electron chi connectivity index (χ0n) is 11.6. The van der Waals surface area contributed by atoms with Crippen molar-refractivity contribution >= 4 is 23.2 Å². The van der Waals surface area contributed by atoms with Crippen molar-refractivity contribution in [1.29, 1.82) is 0 Å². The summed E-state index contributed by atoms with van der Waals surface area (Å²) in [5.74, 6) is 3.22. The van der Waals surface area contributed by atoms with Crippen LogP contribution in [0.3, 0.4) is 0 Å². The third-order valence-corrected chi connectivity index (χ3v) is 5.73. The van der Waals surface area contributed by atoms with Gasteiger partial charge in [0.15, 0.2) is 0 Å². The number of fused-ring (bicyclic) bond motifs is 2. The summed E-state index contributed by atoms with van der Waals surface area (Å²) in [6.45, 7) is 1.19. The third kappa shape index (κ3) is 2.53. The first-order valence-electron chi connectivity index (χ1n) is 7.16. The lowest BCUT2D eigenvalue weighted by atomic mass is 9.75. The van der Waals surface area contributed by atoms with E-state index in [1.165, 1.54) is 31.4 Å². The highest BCUT2D eigenvalue weighted by Gasteiger charge is 2.47. The Kier molecular flexibility index (Phi) is 3.81. The molecule has 1 aromatic rings. The van der Waals surface area contributed by atoms with E-state index in [1.807, 2.05) is 6.07 Å². The summed E-state index contributed by atoms with van der Waals surface area (Å²) >= 11 is 12.3. The van der Waals surface area contributed by atoms with Crippen LogP contribution in [0.2, 0.25) is 10.0 Å². The predicted molar refractivity (Wildman–Crippen MR) is 82.1 cm³/mol. The van der Waals surface area contributed by atoms with Crippen LogP contribution in [0.15, 0.2) is 18.2 Å². The highest BCUT2D eigenvalue weighted by atomic mass is 35.5. The number of nitrogens with zero attached hydrogens (tertiary/aromatic N) is 1. The molecule has 2 saturated carbocycles. The van der Waals surface area contributed by atoms with Gasteiger partial charge in [0.1, 0.15) is 0 Å². The second-order valence-electron chi connectivity index (χ2n) is 6.46. The van der Waals surface area contributed by atoms with E-state index in [4.69, 9.17) is 23.2 Å². The van der Waals surface area contributed by atoms with Gasteiger partial charge in [-0.25, -0.2) is 0 Å². The van der Waals surface area contributed by atoms with E-state index in [0.29, 0.717) is 16.0 Å². The molecule has 0 amide bonds. The van der Waals surface area contributed by atoms with E-state index in [0.717, 1.165) is 17.8 Å². The fourth-order valence-corrected chi connectivity index (χ4v) is 4.64. The predicted octanol–water partition coefficient (Wildman–Crippen LogP) is 4.68. The molecule has 1 nitrogen and oxygen atoms in total. The van der Waals surface area contributed by atoms with Crippen molar-refractivity contribution in [2.24, 2.45) is 17.8 Å². The van der Waals surface area contributed by atoms with Crippen LogP contribution in [0, 0.1) is 17.8 Å². The highest BCUT2D eigenvalue weighted by Crippen LogP contribution is 2.57. The first-order chi connectivity index (χ1) is 9.06. The van der Waals surface area contributed by atoms with Gasteiger partial charge in [-0.2, -0.15) is 0 Å². The lowest BCUT2D eigenvalue weighted by molar-refractivity contribution is 0.219. The molecule has 2 fully saturated rings. The normalized spacial score (nSPS) is 33.3. The molecule has 19 heavy (non-hydrogen) atoms. The van der Waals surface area contributed by atoms with Crippen molar-refractivity contribution in [3.63, 3.8) is 0 Å². The number of halogens is 2. The summed E-state index contributed by atoms with van der Waals surface area (Å²) in [7, 11) is 4.36. The molecule has 0 spiro atoms. The summed E-state index contributed by atoms with van der Waals surface area (Å²) in [5, 5.41) is 1.36. The van der Waals surface area contributed by atoms with Crippen molar-refractivity contribution in [2.75, 3.05) is 20.6 Å². The largest absolute Gasteiger partial charge is 0.309 e. The van der Waals surface area contributed by atoms with Crippen LogP contribution in [0.1, 0.15) is 30.7 Å². The van der Waals surface area contributed by atoms with Crippen molar-refractivity contribution in [1.82, 2.24) is 4.90 Å². The van der Waals surface area contributed by atoms with E-state index in [9.17, 15) is 0 Å². The standard InChI is InChI=1S/C16H21Cl2N/c1-19(2)9-13-10-3-4-11(7-10)16(13)12-5-6-14(17)15(18)8-12/h5-6,8,10-11,13,16H,3-4,7,9H2,1-2H3/t10-,11+,13-,16+/m1/s1. The topological polar surface area (TPSA) is 3.24 Å². The van der Waals surface area contributed by atoms with Crippen LogP contribution in [-0.4, -0.2) is 25.5 Å². The number of benzene rings is 1. The Morgan fingerprint density at radius 2 is 1.84 bits per heavy atom. The van der Waals surface area contributed by atoms with E-state index in [2.05, 4.69) is 31.1 Å². The molecule has 0 aromatic heterocycles. The van der Waals surface area contributed by atoms with Crippen LogP contribution in [0.5, 0.6) is 0 Å². The molecule has 4 atom stereocenters. The minimum atomic E-state index is 0.665. The maximum Gasteiger partial charge on any atom is 0.0595 e. The molecule has 104 valence electrons. The molecule has 1 aromatic carbocycles. The summed E-state index contributed by atoms with van der Waals surface area (Å²) in [4.78, 5) is 2.33. The van der Waals surface area contributed by atoms with Gasteiger partial charge in [-0.1, -0.05) is 29.3 Å². The van der Waals surface area contributed by atoms with Gasteiger partial charge in [0.2, 0.25) is 0 Å². The van der Waals surface area contributed by atoms with Crippen molar-refractivity contribution in [2.45, 2.75) is 25.2 Å². The van der Waals surface area contributed by atoms with E-state index >= 15 is 0 Å². The maximum atomic E-state index is 6.21. The first-order valence-corrected chi connectivity index (χ1v) is 7.91. The highest BCUT2D eigenvalue weighted by molar-refractivity contribution is 6.42. The Morgan fingerprint density at radius 1 is 1.11 bits per heavy atom. The van der Waals surface area contributed by atoms with Gasteiger partial charge in [-0.05, 0) is 74.7 Å². The molecular formula is C16H21Cl2N. The lowest BCUT2D eigenvalue weighted by Gasteiger charge is -2.33. The minimum Gasteiger partial charge on any atom is -0.309 e. The minimum absolute atomic E-state index is 0.665. The molecule has 0 unspecified atom stereocenters. The van der Waals surface area contributed by atoms with Gasteiger partial charge in [-0.15, -0.1) is 0 Å². The summed E-state index contributed by atoms with van der Waals surface area (Å²) in [6, 6.07) is 6.23. The van der Waals surface area contributed by atoms with Crippen LogP contribution in [0.25, 0.3) is 0 Å². The molecule has 3 heteroatoms. The van der Waals surface area contributed by atoms with Crippen LogP contribution >= 0.6 is 23.2 Å². The average Bonchev–Trinajstić information content (AvgIpc) is 2.93. The van der Waals surface area contributed by atoms with E-state index in [-0.39, 0.29) is 0 Å². The van der Waals surface area contributed by atoms with E-state index < -0.39 is 0 Å². The van der Waals surface area contributed by atoms with E-state index in [1.54, 1.807) is 0 Å². The van der Waals surface area contributed by atoms with Gasteiger partial charge in [0, 0.05) is 6.54 Å². The summed E-state index contributed by atoms with van der Waals surface area (Å²) in [5.41, 5.74) is 1.40. The molecule has 2 aliphatic rings. The maximum absolute atomic E-state index is 6.21. The zero-order valence-corrected chi connectivity index (χ0v) is 13.1. The Hall–Kier alpha value is -0.240. The number of rotatable bonds is 3. The summed E-state index contributed by atoms with van der Waals surface area (Å²) in [6.07, 6.45) is 4.21. The number of hydrogen-bond acceptors (Lipinski definition) is 1. The Morgan fingerprint density at radius 3 is 2.53 bits per heavy atom. The average molecular weight is 298 g/mol. The molecule has 2 bridgehead atoms. The second kappa shape index (κ2) is 5.27. The SMILES string of the molecule is CN(C)C[C@@H]1[C@@H]2CC[C@@H](C2)[C@H]1c1ccc(Cl)c(Cl)c1. The molecule has 0 N–H and O–H groups in total. The molecule has 0 aliphatic heterocycles. The third-order valence-electron chi connectivity index (χ3n) is 4.99. The van der Waals surface area contributed by atoms with Gasteiger partial charge >= 0.3 is 0 Å². The first kappa shape index (κ1) is 13.7. The number of hydrogen-bond donors (Lipinski definition) is 0. The Bertz CT molecular complexity index is 472. The van der Waals surface area contributed by atoms with Crippen LogP contribution in [-0.2, 0) is 0 Å². The molecule has 2 aliphatic carbocycles. The monoisotopic (exact) mass is 297 g/mol. The molecule has 0 radical (unpaired) electrons. The zero-order chi connectivity index (χ0) is 13.6. The second-order valence-corrected chi connectivity index (χ2v) is 7.27. The Labute approximate surface area is 125 Å². The fourth-order valence-electron chi connectivity index (χ4n) is 4.33. The van der Waals surface area contributed by atoms with Gasteiger partial charge in [0.05, 0.1) is 10.0 Å². The smallest absolute Gasteiger partial charge is 0.0595 e. The molecule has 0 heterocycles. The molecule has 0 saturated heterocycles. The summed E-state index contributed by atoms with van der Waals surface area (Å²) < 4.78 is 0. The Balaban J connectivity index is 1.90. The van der Waals surface area contributed by atoms with Gasteiger partial charge < -0.3 is 4.90 Å². The van der Waals surface area contributed by atoms with Gasteiger partial charge in [0.25, 0.3) is 0 Å². The van der Waals surface area contributed by atoms with Crippen LogP contribution < -0.4 is 0 Å². The lowest BCUT2D eigenvalue weighted by Crippen LogP contribution is -2.30. The van der Waals surface area contributed by atoms with Crippen molar-refractivity contribution < 1.29 is 0 Å². The quantitative estimate of drug-likeness (QED) is 0.783. The van der Waals surface area contributed by atoms with Crippen molar-refractivity contribution in [3.8, 4) is 0 Å². The van der Waals surface area contributed by atoms with Crippen LogP contribution in [0.4, 0.5) is 0 Å². The molecule has 3 rings (SSSR count). The van der Waals surface area contributed by atoms with Crippen molar-refractivity contribution in [3.05, 3.63) is 33.8 Å². The molecular weight excluding hydrogens is 277 g/mol. The fraction of sp³-hybridized carbons (Fsp3) is 0.625. The van der Waals surface area contributed by atoms with Gasteiger partial charge in [-0.3, -0.25) is 0 Å².